The Morgan fingerprint density at radius 3 is 2.17 bits per heavy atom. The standard InChI is InChI=1S/C5H8Cl/c1-2-5(6)3-4-5/h2H,3-4H2,1H3. The summed E-state index contributed by atoms with van der Waals surface area (Å²) in [6.07, 6.45) is 4.44. The molecule has 1 fully saturated rings. The molecule has 0 unspecified atom stereocenters. The second-order valence-corrected chi connectivity index (χ2v) is 2.58. The van der Waals surface area contributed by atoms with Crippen LogP contribution in [-0.4, -0.2) is 4.87 Å². The minimum absolute atomic E-state index is 0.139. The molecular weight excluding hydrogens is 95.5 g/mol. The van der Waals surface area contributed by atoms with Crippen LogP contribution in [0.4, 0.5) is 0 Å². The van der Waals surface area contributed by atoms with E-state index in [2.05, 4.69) is 6.42 Å². The summed E-state index contributed by atoms with van der Waals surface area (Å²) in [5.74, 6) is 0. The fourth-order valence-electron chi connectivity index (χ4n) is 0.408. The second-order valence-electron chi connectivity index (χ2n) is 1.82. The summed E-state index contributed by atoms with van der Waals surface area (Å²) in [6, 6.07) is 0. The highest BCUT2D eigenvalue weighted by Crippen LogP contribution is 2.44. The number of hydrogen-bond acceptors (Lipinski definition) is 0. The number of alkyl halides is 1. The van der Waals surface area contributed by atoms with Crippen LogP contribution in [0.3, 0.4) is 0 Å². The largest absolute Gasteiger partial charge is 0.119 e. The predicted octanol–water partition coefficient (Wildman–Crippen LogP) is 1.98. The molecule has 0 aromatic rings. The lowest BCUT2D eigenvalue weighted by molar-refractivity contribution is 1.05. The summed E-state index contributed by atoms with van der Waals surface area (Å²) >= 11 is 5.77. The summed E-state index contributed by atoms with van der Waals surface area (Å²) in [4.78, 5) is 0.139. The van der Waals surface area contributed by atoms with E-state index < -0.39 is 0 Å². The lowest BCUT2D eigenvalue weighted by atomic mass is 10.3. The third-order valence-electron chi connectivity index (χ3n) is 1.25. The lowest BCUT2D eigenvalue weighted by Gasteiger charge is -1.93. The highest BCUT2D eigenvalue weighted by molar-refractivity contribution is 6.26. The molecule has 1 aliphatic rings. The van der Waals surface area contributed by atoms with Gasteiger partial charge in [0, 0.05) is 4.87 Å². The molecule has 0 aromatic carbocycles. The molecule has 0 saturated heterocycles. The summed E-state index contributed by atoms with van der Waals surface area (Å²) in [7, 11) is 0. The molecule has 0 spiro atoms. The average Bonchev–Trinajstić information content (AvgIpc) is 2.22. The zero-order chi connectivity index (χ0) is 4.62. The van der Waals surface area contributed by atoms with E-state index in [0.29, 0.717) is 0 Å². The number of rotatable bonds is 1. The predicted molar refractivity (Wildman–Crippen MR) is 27.8 cm³/mol. The second kappa shape index (κ2) is 1.13. The van der Waals surface area contributed by atoms with Gasteiger partial charge in [0.25, 0.3) is 0 Å². The molecule has 0 nitrogen and oxygen atoms in total. The van der Waals surface area contributed by atoms with E-state index in [9.17, 15) is 0 Å². The van der Waals surface area contributed by atoms with Crippen molar-refractivity contribution in [2.45, 2.75) is 24.6 Å². The summed E-state index contributed by atoms with van der Waals surface area (Å²) in [6.45, 7) is 2.01. The Kier molecular flexibility index (Phi) is 0.836. The van der Waals surface area contributed by atoms with E-state index in [1.54, 1.807) is 0 Å². The van der Waals surface area contributed by atoms with Crippen LogP contribution in [0.1, 0.15) is 19.8 Å². The molecule has 1 saturated carbocycles. The molecule has 1 radical (unpaired) electrons. The van der Waals surface area contributed by atoms with Crippen LogP contribution in [0.25, 0.3) is 0 Å². The molecule has 0 amide bonds. The first-order chi connectivity index (χ1) is 2.77. The molecule has 1 heteroatoms. The summed E-state index contributed by atoms with van der Waals surface area (Å²) < 4.78 is 0. The summed E-state index contributed by atoms with van der Waals surface area (Å²) in [5, 5.41) is 0. The van der Waals surface area contributed by atoms with Gasteiger partial charge in [0.15, 0.2) is 0 Å². The first kappa shape index (κ1) is 4.45. The van der Waals surface area contributed by atoms with Gasteiger partial charge in [-0.2, -0.15) is 0 Å². The van der Waals surface area contributed by atoms with Gasteiger partial charge in [-0.15, -0.1) is 11.6 Å². The van der Waals surface area contributed by atoms with Gasteiger partial charge in [-0.05, 0) is 19.3 Å². The van der Waals surface area contributed by atoms with Gasteiger partial charge >= 0.3 is 0 Å². The monoisotopic (exact) mass is 103 g/mol. The van der Waals surface area contributed by atoms with E-state index in [-0.39, 0.29) is 4.87 Å². The van der Waals surface area contributed by atoms with Gasteiger partial charge in [0.1, 0.15) is 0 Å². The molecule has 0 N–H and O–H groups in total. The van der Waals surface area contributed by atoms with Crippen molar-refractivity contribution in [1.29, 1.82) is 0 Å². The molecule has 35 valence electrons. The fourth-order valence-corrected chi connectivity index (χ4v) is 0.503. The SMILES string of the molecule is C[CH]C1(Cl)CC1. The number of hydrogen-bond donors (Lipinski definition) is 0. The Morgan fingerprint density at radius 1 is 1.67 bits per heavy atom. The lowest BCUT2D eigenvalue weighted by Crippen LogP contribution is -1.91. The molecular formula is C5H8Cl. The Hall–Kier alpha value is 0.290. The van der Waals surface area contributed by atoms with Gasteiger partial charge in [-0.25, -0.2) is 0 Å². The minimum atomic E-state index is 0.139. The van der Waals surface area contributed by atoms with E-state index in [4.69, 9.17) is 11.6 Å². The van der Waals surface area contributed by atoms with Crippen LogP contribution in [0.5, 0.6) is 0 Å². The molecule has 1 rings (SSSR count). The molecule has 0 heterocycles. The van der Waals surface area contributed by atoms with Crippen LogP contribution in [0, 0.1) is 6.42 Å². The third kappa shape index (κ3) is 0.676. The van der Waals surface area contributed by atoms with Gasteiger partial charge in [0.2, 0.25) is 0 Å². The van der Waals surface area contributed by atoms with Crippen LogP contribution in [0.15, 0.2) is 0 Å². The normalized spacial score (nSPS) is 27.0. The fraction of sp³-hybridized carbons (Fsp3) is 0.800. The van der Waals surface area contributed by atoms with Crippen molar-refractivity contribution in [2.75, 3.05) is 0 Å². The van der Waals surface area contributed by atoms with Gasteiger partial charge < -0.3 is 0 Å². The van der Waals surface area contributed by atoms with E-state index in [1.807, 2.05) is 6.92 Å². The zero-order valence-corrected chi connectivity index (χ0v) is 4.63. The number of halogens is 1. The average molecular weight is 104 g/mol. The van der Waals surface area contributed by atoms with Crippen molar-refractivity contribution < 1.29 is 0 Å². The van der Waals surface area contributed by atoms with Gasteiger partial charge in [-0.3, -0.25) is 0 Å². The molecule has 0 aromatic heterocycles. The van der Waals surface area contributed by atoms with Crippen molar-refractivity contribution in [3.05, 3.63) is 6.42 Å². The summed E-state index contributed by atoms with van der Waals surface area (Å²) in [5.41, 5.74) is 0. The molecule has 0 aliphatic heterocycles. The van der Waals surface area contributed by atoms with Gasteiger partial charge in [-0.1, -0.05) is 6.92 Å². The maximum absolute atomic E-state index is 5.77. The Balaban J connectivity index is 2.28. The smallest absolute Gasteiger partial charge is 0.0476 e. The van der Waals surface area contributed by atoms with Crippen molar-refractivity contribution in [2.24, 2.45) is 0 Å². The third-order valence-corrected chi connectivity index (χ3v) is 1.84. The molecule has 0 atom stereocenters. The van der Waals surface area contributed by atoms with Crippen molar-refractivity contribution in [3.63, 3.8) is 0 Å². The maximum atomic E-state index is 5.77. The van der Waals surface area contributed by atoms with Crippen molar-refractivity contribution in [3.8, 4) is 0 Å². The highest BCUT2D eigenvalue weighted by Gasteiger charge is 2.38. The molecule has 0 bridgehead atoms. The Labute approximate surface area is 43.5 Å². The van der Waals surface area contributed by atoms with E-state index in [0.717, 1.165) is 0 Å². The first-order valence-electron chi connectivity index (χ1n) is 2.26. The topological polar surface area (TPSA) is 0 Å². The maximum Gasteiger partial charge on any atom is 0.0476 e. The molecule has 6 heavy (non-hydrogen) atoms. The van der Waals surface area contributed by atoms with Crippen molar-refractivity contribution >= 4 is 11.6 Å². The van der Waals surface area contributed by atoms with Crippen LogP contribution >= 0.6 is 11.6 Å². The quantitative estimate of drug-likeness (QED) is 0.445. The van der Waals surface area contributed by atoms with Crippen molar-refractivity contribution in [1.82, 2.24) is 0 Å². The zero-order valence-electron chi connectivity index (χ0n) is 3.87. The van der Waals surface area contributed by atoms with Crippen LogP contribution in [0.2, 0.25) is 0 Å². The highest BCUT2D eigenvalue weighted by atomic mass is 35.5. The minimum Gasteiger partial charge on any atom is -0.119 e. The van der Waals surface area contributed by atoms with Crippen LogP contribution < -0.4 is 0 Å². The molecule has 1 aliphatic carbocycles. The van der Waals surface area contributed by atoms with Gasteiger partial charge in [0.05, 0.1) is 0 Å². The Morgan fingerprint density at radius 2 is 2.17 bits per heavy atom. The van der Waals surface area contributed by atoms with E-state index in [1.165, 1.54) is 12.8 Å². The first-order valence-corrected chi connectivity index (χ1v) is 2.64. The van der Waals surface area contributed by atoms with Crippen LogP contribution in [-0.2, 0) is 0 Å². The Bertz CT molecular complexity index is 55.0. The van der Waals surface area contributed by atoms with E-state index >= 15 is 0 Å².